The number of anilines is 2. The smallest absolute Gasteiger partial charge is 0.248 e. The molecule has 2 nitrogen and oxygen atoms in total. The minimum Gasteiger partial charge on any atom is -0.397 e. The average molecular weight is 379 g/mol. The monoisotopic (exact) mass is 378 g/mol. The van der Waals surface area contributed by atoms with Gasteiger partial charge in [0.15, 0.2) is 0 Å². The Morgan fingerprint density at radius 3 is 2.45 bits per heavy atom. The third kappa shape index (κ3) is 4.09. The fourth-order valence-corrected chi connectivity index (χ4v) is 3.34. The van der Waals surface area contributed by atoms with Crippen molar-refractivity contribution in [1.82, 2.24) is 0 Å². The number of halogens is 4. The summed E-state index contributed by atoms with van der Waals surface area (Å²) in [5, 5.41) is 0. The molecule has 0 spiro atoms. The van der Waals surface area contributed by atoms with Gasteiger partial charge in [0.05, 0.1) is 15.8 Å². The van der Waals surface area contributed by atoms with Gasteiger partial charge in [-0.05, 0) is 40.8 Å². The van der Waals surface area contributed by atoms with Crippen LogP contribution in [0.1, 0.15) is 39.5 Å². The van der Waals surface area contributed by atoms with Gasteiger partial charge < -0.3 is 10.6 Å². The van der Waals surface area contributed by atoms with Crippen LogP contribution >= 0.6 is 15.9 Å². The largest absolute Gasteiger partial charge is 0.397 e. The van der Waals surface area contributed by atoms with Crippen LogP contribution in [0.25, 0.3) is 0 Å². The third-order valence-corrected chi connectivity index (χ3v) is 4.68. The van der Waals surface area contributed by atoms with Gasteiger partial charge in [0, 0.05) is 31.5 Å². The molecule has 1 aliphatic carbocycles. The molecule has 1 aromatic rings. The van der Waals surface area contributed by atoms with Gasteiger partial charge in [-0.3, -0.25) is 0 Å². The Morgan fingerprint density at radius 2 is 1.91 bits per heavy atom. The SMILES string of the molecule is CC(C)CN(c1cc(F)c(Br)cc1N)C1CCC(F)(F)CC1. The number of hydrogen-bond acceptors (Lipinski definition) is 2. The molecule has 0 aliphatic heterocycles. The Bertz CT molecular complexity index is 524. The van der Waals surface area contributed by atoms with E-state index in [0.29, 0.717) is 41.2 Å². The van der Waals surface area contributed by atoms with Crippen LogP contribution < -0.4 is 10.6 Å². The molecule has 0 radical (unpaired) electrons. The standard InChI is InChI=1S/C16H22BrF3N2/c1-10(2)9-22(11-3-5-16(19,20)6-4-11)15-8-13(18)12(17)7-14(15)21/h7-8,10-11H,3-6,9,21H2,1-2H3. The van der Waals surface area contributed by atoms with E-state index in [9.17, 15) is 13.2 Å². The number of hydrogen-bond donors (Lipinski definition) is 1. The molecule has 1 aromatic carbocycles. The molecule has 0 atom stereocenters. The second-order valence-electron chi connectivity index (χ2n) is 6.46. The molecular weight excluding hydrogens is 357 g/mol. The maximum Gasteiger partial charge on any atom is 0.248 e. The zero-order chi connectivity index (χ0) is 16.5. The summed E-state index contributed by atoms with van der Waals surface area (Å²) < 4.78 is 41.0. The van der Waals surface area contributed by atoms with Crippen LogP contribution in [-0.4, -0.2) is 18.5 Å². The van der Waals surface area contributed by atoms with Gasteiger partial charge in [-0.15, -0.1) is 0 Å². The molecule has 0 saturated heterocycles. The molecule has 0 bridgehead atoms. The number of benzene rings is 1. The lowest BCUT2D eigenvalue weighted by Crippen LogP contribution is -2.43. The Hall–Kier alpha value is -0.910. The molecule has 124 valence electrons. The van der Waals surface area contributed by atoms with E-state index in [1.165, 1.54) is 12.1 Å². The predicted octanol–water partition coefficient (Wildman–Crippen LogP) is 5.21. The highest BCUT2D eigenvalue weighted by atomic mass is 79.9. The minimum absolute atomic E-state index is 0.0232. The van der Waals surface area contributed by atoms with E-state index < -0.39 is 5.92 Å². The average Bonchev–Trinajstić information content (AvgIpc) is 2.41. The van der Waals surface area contributed by atoms with E-state index in [1.54, 1.807) is 0 Å². The molecule has 1 saturated carbocycles. The lowest BCUT2D eigenvalue weighted by molar-refractivity contribution is -0.0382. The van der Waals surface area contributed by atoms with E-state index in [2.05, 4.69) is 29.8 Å². The number of alkyl halides is 2. The highest BCUT2D eigenvalue weighted by Gasteiger charge is 2.37. The summed E-state index contributed by atoms with van der Waals surface area (Å²) in [7, 11) is 0. The van der Waals surface area contributed by atoms with Crippen molar-refractivity contribution in [3.63, 3.8) is 0 Å². The van der Waals surface area contributed by atoms with Crippen molar-refractivity contribution >= 4 is 27.3 Å². The van der Waals surface area contributed by atoms with Crippen LogP contribution in [0.2, 0.25) is 0 Å². The number of nitrogens with two attached hydrogens (primary N) is 1. The molecule has 2 N–H and O–H groups in total. The first kappa shape index (κ1) is 17.4. The van der Waals surface area contributed by atoms with Gasteiger partial charge in [0.1, 0.15) is 5.82 Å². The summed E-state index contributed by atoms with van der Waals surface area (Å²) in [4.78, 5) is 2.00. The maximum absolute atomic E-state index is 13.9. The normalized spacial score (nSPS) is 18.7. The Balaban J connectivity index is 2.29. The summed E-state index contributed by atoms with van der Waals surface area (Å²) in [6, 6.07) is 2.91. The van der Waals surface area contributed by atoms with Gasteiger partial charge >= 0.3 is 0 Å². The van der Waals surface area contributed by atoms with Crippen molar-refractivity contribution in [2.24, 2.45) is 5.92 Å². The first-order chi connectivity index (χ1) is 10.2. The van der Waals surface area contributed by atoms with E-state index in [4.69, 9.17) is 5.73 Å². The fraction of sp³-hybridized carbons (Fsp3) is 0.625. The first-order valence-corrected chi connectivity index (χ1v) is 8.38. The summed E-state index contributed by atoms with van der Waals surface area (Å²) in [6.45, 7) is 4.77. The topological polar surface area (TPSA) is 29.3 Å². The molecule has 0 heterocycles. The van der Waals surface area contributed by atoms with Crippen molar-refractivity contribution in [3.05, 3.63) is 22.4 Å². The molecule has 0 aromatic heterocycles. The van der Waals surface area contributed by atoms with Crippen molar-refractivity contribution < 1.29 is 13.2 Å². The molecule has 22 heavy (non-hydrogen) atoms. The Kier molecular flexibility index (Phi) is 5.30. The predicted molar refractivity (Wildman–Crippen MR) is 87.9 cm³/mol. The second-order valence-corrected chi connectivity index (χ2v) is 7.31. The maximum atomic E-state index is 13.9. The van der Waals surface area contributed by atoms with Crippen LogP contribution in [0.5, 0.6) is 0 Å². The Labute approximate surface area is 138 Å². The summed E-state index contributed by atoms with van der Waals surface area (Å²) in [5.41, 5.74) is 7.11. The van der Waals surface area contributed by atoms with Gasteiger partial charge in [0.2, 0.25) is 5.92 Å². The van der Waals surface area contributed by atoms with Gasteiger partial charge in [-0.1, -0.05) is 13.8 Å². The van der Waals surface area contributed by atoms with Crippen molar-refractivity contribution in [3.8, 4) is 0 Å². The van der Waals surface area contributed by atoms with Crippen LogP contribution in [-0.2, 0) is 0 Å². The van der Waals surface area contributed by atoms with E-state index in [0.717, 1.165) is 0 Å². The summed E-state index contributed by atoms with van der Waals surface area (Å²) in [6.07, 6.45) is 0.560. The molecule has 1 aliphatic rings. The molecule has 0 unspecified atom stereocenters. The van der Waals surface area contributed by atoms with Crippen LogP contribution in [0.4, 0.5) is 24.5 Å². The fourth-order valence-electron chi connectivity index (χ4n) is 2.97. The number of nitrogen functional groups attached to an aromatic ring is 1. The van der Waals surface area contributed by atoms with Crippen LogP contribution in [0.3, 0.4) is 0 Å². The van der Waals surface area contributed by atoms with Crippen LogP contribution in [0.15, 0.2) is 16.6 Å². The zero-order valence-corrected chi connectivity index (χ0v) is 14.5. The highest BCUT2D eigenvalue weighted by molar-refractivity contribution is 9.10. The minimum atomic E-state index is -2.57. The molecule has 2 rings (SSSR count). The third-order valence-electron chi connectivity index (χ3n) is 4.07. The highest BCUT2D eigenvalue weighted by Crippen LogP contribution is 2.39. The van der Waals surface area contributed by atoms with E-state index in [1.807, 2.05) is 4.90 Å². The molecule has 6 heteroatoms. The summed E-state index contributed by atoms with van der Waals surface area (Å²) >= 11 is 3.12. The Morgan fingerprint density at radius 1 is 1.32 bits per heavy atom. The summed E-state index contributed by atoms with van der Waals surface area (Å²) in [5.74, 6) is -2.64. The lowest BCUT2D eigenvalue weighted by atomic mass is 9.90. The van der Waals surface area contributed by atoms with Crippen LogP contribution in [0, 0.1) is 11.7 Å². The molecule has 1 fully saturated rings. The van der Waals surface area contributed by atoms with Crippen molar-refractivity contribution in [2.45, 2.75) is 51.5 Å². The van der Waals surface area contributed by atoms with Gasteiger partial charge in [0.25, 0.3) is 0 Å². The van der Waals surface area contributed by atoms with Gasteiger partial charge in [-0.2, -0.15) is 0 Å². The zero-order valence-electron chi connectivity index (χ0n) is 12.9. The van der Waals surface area contributed by atoms with E-state index in [-0.39, 0.29) is 24.7 Å². The van der Waals surface area contributed by atoms with Crippen molar-refractivity contribution in [1.29, 1.82) is 0 Å². The molecular formula is C16H22BrF3N2. The van der Waals surface area contributed by atoms with Crippen molar-refractivity contribution in [2.75, 3.05) is 17.2 Å². The number of rotatable bonds is 4. The van der Waals surface area contributed by atoms with E-state index >= 15 is 0 Å². The van der Waals surface area contributed by atoms with Gasteiger partial charge in [-0.25, -0.2) is 13.2 Å². The number of nitrogens with zero attached hydrogens (tertiary/aromatic N) is 1. The first-order valence-electron chi connectivity index (χ1n) is 7.58. The second kappa shape index (κ2) is 6.69. The molecule has 0 amide bonds. The lowest BCUT2D eigenvalue weighted by Gasteiger charge is -2.39. The quantitative estimate of drug-likeness (QED) is 0.728.